The summed E-state index contributed by atoms with van der Waals surface area (Å²) in [5, 5.41) is 5.40. The van der Waals surface area contributed by atoms with Crippen molar-refractivity contribution in [3.63, 3.8) is 0 Å². The van der Waals surface area contributed by atoms with E-state index in [1.807, 2.05) is 30.5 Å². The van der Waals surface area contributed by atoms with Gasteiger partial charge in [0.15, 0.2) is 0 Å². The number of thiophene rings is 1. The number of nitrogens with one attached hydrogen (secondary N) is 1. The Kier molecular flexibility index (Phi) is 4.87. The highest BCUT2D eigenvalue weighted by atomic mass is 32.1. The van der Waals surface area contributed by atoms with Crippen molar-refractivity contribution in [1.29, 1.82) is 0 Å². The standard InChI is InChI=1S/C14H15F2NOS/c1-2-17-13(12-4-3-9-19-12)10-5-7-11(8-6-10)18-14(15)16/h3-9,13-14,17H,2H2,1H3. The zero-order chi connectivity index (χ0) is 13.7. The molecule has 1 N–H and O–H groups in total. The Morgan fingerprint density at radius 3 is 2.47 bits per heavy atom. The lowest BCUT2D eigenvalue weighted by molar-refractivity contribution is -0.0498. The van der Waals surface area contributed by atoms with Crippen LogP contribution in [0.5, 0.6) is 5.75 Å². The molecule has 1 heterocycles. The summed E-state index contributed by atoms with van der Waals surface area (Å²) < 4.78 is 28.5. The molecule has 1 unspecified atom stereocenters. The number of hydrogen-bond donors (Lipinski definition) is 1. The molecule has 0 saturated heterocycles. The first-order chi connectivity index (χ1) is 9.20. The number of rotatable bonds is 6. The minimum Gasteiger partial charge on any atom is -0.435 e. The first kappa shape index (κ1) is 14.0. The zero-order valence-electron chi connectivity index (χ0n) is 10.5. The van der Waals surface area contributed by atoms with Crippen LogP contribution in [0.2, 0.25) is 0 Å². The fraction of sp³-hybridized carbons (Fsp3) is 0.286. The van der Waals surface area contributed by atoms with Crippen LogP contribution in [0.15, 0.2) is 41.8 Å². The van der Waals surface area contributed by atoms with E-state index in [9.17, 15) is 8.78 Å². The minimum absolute atomic E-state index is 0.0885. The normalized spacial score (nSPS) is 12.6. The van der Waals surface area contributed by atoms with E-state index >= 15 is 0 Å². The molecule has 0 amide bonds. The van der Waals surface area contributed by atoms with E-state index in [-0.39, 0.29) is 11.8 Å². The Bertz CT molecular complexity index is 485. The monoisotopic (exact) mass is 283 g/mol. The molecule has 0 aliphatic carbocycles. The van der Waals surface area contributed by atoms with Crippen molar-refractivity contribution in [2.24, 2.45) is 0 Å². The Balaban J connectivity index is 2.18. The van der Waals surface area contributed by atoms with E-state index in [2.05, 4.69) is 16.1 Å². The maximum Gasteiger partial charge on any atom is 0.387 e. The average Bonchev–Trinajstić information content (AvgIpc) is 2.90. The summed E-state index contributed by atoms with van der Waals surface area (Å²) in [5.41, 5.74) is 1.03. The van der Waals surface area contributed by atoms with Crippen molar-refractivity contribution in [3.8, 4) is 5.75 Å². The van der Waals surface area contributed by atoms with Gasteiger partial charge in [0.1, 0.15) is 5.75 Å². The van der Waals surface area contributed by atoms with E-state index in [0.717, 1.165) is 12.1 Å². The van der Waals surface area contributed by atoms with Crippen LogP contribution in [0, 0.1) is 0 Å². The van der Waals surface area contributed by atoms with Crippen molar-refractivity contribution in [1.82, 2.24) is 5.32 Å². The van der Waals surface area contributed by atoms with E-state index in [1.165, 1.54) is 4.88 Å². The van der Waals surface area contributed by atoms with Gasteiger partial charge in [-0.25, -0.2) is 0 Å². The zero-order valence-corrected chi connectivity index (χ0v) is 11.3. The van der Waals surface area contributed by atoms with Crippen LogP contribution < -0.4 is 10.1 Å². The average molecular weight is 283 g/mol. The molecule has 2 nitrogen and oxygen atoms in total. The van der Waals surface area contributed by atoms with Gasteiger partial charge in [-0.2, -0.15) is 8.78 Å². The highest BCUT2D eigenvalue weighted by Crippen LogP contribution is 2.27. The molecule has 1 aromatic carbocycles. The van der Waals surface area contributed by atoms with Gasteiger partial charge in [-0.15, -0.1) is 11.3 Å². The second-order valence-electron chi connectivity index (χ2n) is 3.95. The van der Waals surface area contributed by atoms with E-state index in [0.29, 0.717) is 0 Å². The predicted octanol–water partition coefficient (Wildman–Crippen LogP) is 4.05. The van der Waals surface area contributed by atoms with Crippen molar-refractivity contribution < 1.29 is 13.5 Å². The Hall–Kier alpha value is -1.46. The third-order valence-electron chi connectivity index (χ3n) is 2.67. The summed E-state index contributed by atoms with van der Waals surface area (Å²) in [7, 11) is 0. The summed E-state index contributed by atoms with van der Waals surface area (Å²) in [6, 6.07) is 10.9. The van der Waals surface area contributed by atoms with Crippen LogP contribution in [-0.4, -0.2) is 13.2 Å². The van der Waals surface area contributed by atoms with Gasteiger partial charge in [0, 0.05) is 4.88 Å². The van der Waals surface area contributed by atoms with Gasteiger partial charge in [0.25, 0.3) is 0 Å². The second-order valence-corrected chi connectivity index (χ2v) is 4.93. The third kappa shape index (κ3) is 3.75. The van der Waals surface area contributed by atoms with Crippen molar-refractivity contribution in [2.45, 2.75) is 19.6 Å². The largest absolute Gasteiger partial charge is 0.435 e. The quantitative estimate of drug-likeness (QED) is 0.863. The van der Waals surface area contributed by atoms with E-state index in [1.54, 1.807) is 23.5 Å². The second kappa shape index (κ2) is 6.63. The summed E-state index contributed by atoms with van der Waals surface area (Å²) >= 11 is 1.67. The van der Waals surface area contributed by atoms with Crippen LogP contribution in [0.3, 0.4) is 0 Å². The van der Waals surface area contributed by atoms with Gasteiger partial charge in [0.2, 0.25) is 0 Å². The molecule has 102 valence electrons. The van der Waals surface area contributed by atoms with Crippen molar-refractivity contribution >= 4 is 11.3 Å². The molecule has 2 aromatic rings. The Labute approximate surface area is 115 Å². The summed E-state index contributed by atoms with van der Waals surface area (Å²) in [4.78, 5) is 1.20. The number of hydrogen-bond acceptors (Lipinski definition) is 3. The van der Waals surface area contributed by atoms with Crippen LogP contribution >= 0.6 is 11.3 Å². The minimum atomic E-state index is -2.78. The van der Waals surface area contributed by atoms with Crippen LogP contribution in [0.4, 0.5) is 8.78 Å². The van der Waals surface area contributed by atoms with Crippen LogP contribution in [-0.2, 0) is 0 Å². The molecule has 0 fully saturated rings. The summed E-state index contributed by atoms with van der Waals surface area (Å²) in [5.74, 6) is 0.181. The van der Waals surface area contributed by atoms with E-state index < -0.39 is 6.61 Å². The fourth-order valence-corrected chi connectivity index (χ4v) is 2.71. The summed E-state index contributed by atoms with van der Waals surface area (Å²) in [6.07, 6.45) is 0. The number of halogens is 2. The molecule has 1 atom stereocenters. The van der Waals surface area contributed by atoms with Gasteiger partial charge < -0.3 is 10.1 Å². The molecular formula is C14H15F2NOS. The van der Waals surface area contributed by atoms with Crippen LogP contribution in [0.25, 0.3) is 0 Å². The molecule has 0 saturated carbocycles. The molecule has 5 heteroatoms. The number of alkyl halides is 2. The molecular weight excluding hydrogens is 268 g/mol. The first-order valence-electron chi connectivity index (χ1n) is 6.02. The van der Waals surface area contributed by atoms with Gasteiger partial charge in [0.05, 0.1) is 6.04 Å². The van der Waals surface area contributed by atoms with Crippen molar-refractivity contribution in [2.75, 3.05) is 6.54 Å². The summed E-state index contributed by atoms with van der Waals surface area (Å²) in [6.45, 7) is 0.0833. The van der Waals surface area contributed by atoms with E-state index in [4.69, 9.17) is 0 Å². The number of benzene rings is 1. The maximum absolute atomic E-state index is 12.1. The highest BCUT2D eigenvalue weighted by Gasteiger charge is 2.14. The first-order valence-corrected chi connectivity index (χ1v) is 6.90. The van der Waals surface area contributed by atoms with Crippen LogP contribution in [0.1, 0.15) is 23.4 Å². The van der Waals surface area contributed by atoms with Gasteiger partial charge in [-0.1, -0.05) is 25.1 Å². The van der Waals surface area contributed by atoms with Gasteiger partial charge >= 0.3 is 6.61 Å². The SMILES string of the molecule is CCNC(c1ccc(OC(F)F)cc1)c1cccs1. The van der Waals surface area contributed by atoms with Gasteiger partial charge in [-0.3, -0.25) is 0 Å². The molecule has 0 spiro atoms. The number of ether oxygens (including phenoxy) is 1. The molecule has 1 aromatic heterocycles. The molecule has 0 radical (unpaired) electrons. The molecule has 0 bridgehead atoms. The third-order valence-corrected chi connectivity index (χ3v) is 3.61. The highest BCUT2D eigenvalue weighted by molar-refractivity contribution is 7.10. The Morgan fingerprint density at radius 2 is 1.95 bits per heavy atom. The lowest BCUT2D eigenvalue weighted by Gasteiger charge is -2.17. The Morgan fingerprint density at radius 1 is 1.21 bits per heavy atom. The molecule has 2 rings (SSSR count). The lowest BCUT2D eigenvalue weighted by Crippen LogP contribution is -2.21. The van der Waals surface area contributed by atoms with Gasteiger partial charge in [-0.05, 0) is 35.7 Å². The molecule has 19 heavy (non-hydrogen) atoms. The topological polar surface area (TPSA) is 21.3 Å². The molecule has 0 aliphatic rings. The smallest absolute Gasteiger partial charge is 0.387 e. The molecule has 0 aliphatic heterocycles. The fourth-order valence-electron chi connectivity index (χ4n) is 1.88. The predicted molar refractivity (Wildman–Crippen MR) is 72.9 cm³/mol. The lowest BCUT2D eigenvalue weighted by atomic mass is 10.1. The maximum atomic E-state index is 12.1. The van der Waals surface area contributed by atoms with Crippen molar-refractivity contribution in [3.05, 3.63) is 52.2 Å².